The van der Waals surface area contributed by atoms with Gasteiger partial charge in [0.05, 0.1) is 0 Å². The minimum absolute atomic E-state index is 0.149. The van der Waals surface area contributed by atoms with Crippen molar-refractivity contribution >= 4 is 21.1 Å². The van der Waals surface area contributed by atoms with E-state index in [2.05, 4.69) is 41.5 Å². The molecule has 0 aromatic carbocycles. The molecule has 0 saturated carbocycles. The van der Waals surface area contributed by atoms with E-state index in [0.29, 0.717) is 0 Å². The number of rotatable bonds is 28. The monoisotopic (exact) mass is 616 g/mol. The molecule has 0 atom stereocenters. The molecule has 218 valence electrons. The molecule has 0 saturated heterocycles. The molecule has 0 aliphatic heterocycles. The topological polar surface area (TPSA) is 9.23 Å². The summed E-state index contributed by atoms with van der Waals surface area (Å²) in [5.41, 5.74) is 0. The van der Waals surface area contributed by atoms with E-state index in [1.54, 1.807) is 8.87 Å². The quantitative estimate of drug-likeness (QED) is 0.0629. The van der Waals surface area contributed by atoms with Crippen LogP contribution in [0.2, 0.25) is 8.87 Å². The molecule has 0 aromatic heterocycles. The van der Waals surface area contributed by atoms with Crippen LogP contribution < -0.4 is 0 Å². The van der Waals surface area contributed by atoms with Gasteiger partial charge in [-0.15, -0.1) is 0 Å². The van der Waals surface area contributed by atoms with Gasteiger partial charge in [0.1, 0.15) is 0 Å². The second-order valence-corrected chi connectivity index (χ2v) is 16.4. The van der Waals surface area contributed by atoms with Crippen molar-refractivity contribution in [1.29, 1.82) is 0 Å². The fraction of sp³-hybridized carbons (Fsp3) is 1.00. The van der Waals surface area contributed by atoms with Crippen LogP contribution in [0.25, 0.3) is 0 Å². The predicted octanol–water partition coefficient (Wildman–Crippen LogP) is 12.5. The molecule has 0 heterocycles. The van der Waals surface area contributed by atoms with Crippen molar-refractivity contribution in [2.75, 3.05) is 13.2 Å². The standard InChI is InChI=1S/C26H54O.2C4H9.Sn/c1-25(2)21-17-13-9-5-7-11-15-19-23-27-24-20-16-12-8-6-10-14-18-22-26(3)4;2*1-3-4-2;/h25-26H,5-24H2,1-4H3;2*1,3-4H2,2H3;. The molecule has 36 heavy (non-hydrogen) atoms. The van der Waals surface area contributed by atoms with Gasteiger partial charge in [-0.2, -0.15) is 0 Å². The molecule has 0 amide bonds. The maximum absolute atomic E-state index is 5.80. The zero-order chi connectivity index (χ0) is 27.0. The number of unbranched alkanes of at least 4 members (excludes halogenated alkanes) is 16. The van der Waals surface area contributed by atoms with E-state index in [4.69, 9.17) is 4.74 Å². The van der Waals surface area contributed by atoms with Gasteiger partial charge in [0.25, 0.3) is 0 Å². The SMILES string of the molecule is CC(C)CCCCCCCCCCOCCCCCCCCCCC(C)C.CCC[CH2][Sn][CH2]CCC. The van der Waals surface area contributed by atoms with E-state index in [-0.39, 0.29) is 21.1 Å². The van der Waals surface area contributed by atoms with Crippen molar-refractivity contribution < 1.29 is 4.74 Å². The van der Waals surface area contributed by atoms with Gasteiger partial charge in [-0.25, -0.2) is 0 Å². The first-order chi connectivity index (χ1) is 17.5. The Bertz CT molecular complexity index is 323. The van der Waals surface area contributed by atoms with E-state index in [1.165, 1.54) is 141 Å². The molecule has 0 N–H and O–H groups in total. The van der Waals surface area contributed by atoms with E-state index < -0.39 is 0 Å². The summed E-state index contributed by atoms with van der Waals surface area (Å²) in [5.74, 6) is 1.77. The average molecular weight is 616 g/mol. The summed E-state index contributed by atoms with van der Waals surface area (Å²) < 4.78 is 9.05. The third-order valence-corrected chi connectivity index (χ3v) is 11.1. The predicted molar refractivity (Wildman–Crippen MR) is 169 cm³/mol. The Morgan fingerprint density at radius 1 is 0.417 bits per heavy atom. The van der Waals surface area contributed by atoms with E-state index >= 15 is 0 Å². The Kier molecular flexibility index (Phi) is 38.6. The average Bonchev–Trinajstić information content (AvgIpc) is 2.85. The molecule has 0 fully saturated rings. The molecule has 2 heteroatoms. The molecule has 2 radical (unpaired) electrons. The Hall–Kier alpha value is 0.759. The molecule has 0 unspecified atom stereocenters. The maximum atomic E-state index is 5.80. The first-order valence-corrected chi connectivity index (χ1v) is 20.9. The van der Waals surface area contributed by atoms with Gasteiger partial charge < -0.3 is 4.74 Å². The third-order valence-electron chi connectivity index (χ3n) is 7.05. The van der Waals surface area contributed by atoms with E-state index in [1.807, 2.05) is 0 Å². The molecular formula is C34H72OSn. The first-order valence-electron chi connectivity index (χ1n) is 16.8. The number of hydrogen-bond acceptors (Lipinski definition) is 1. The molecule has 0 bridgehead atoms. The van der Waals surface area contributed by atoms with E-state index in [0.717, 1.165) is 25.0 Å². The van der Waals surface area contributed by atoms with Crippen LogP contribution in [0.15, 0.2) is 0 Å². The van der Waals surface area contributed by atoms with Crippen LogP contribution in [0.5, 0.6) is 0 Å². The van der Waals surface area contributed by atoms with Crippen molar-refractivity contribution in [3.63, 3.8) is 0 Å². The van der Waals surface area contributed by atoms with Gasteiger partial charge in [-0.1, -0.05) is 130 Å². The van der Waals surface area contributed by atoms with Gasteiger partial charge in [-0.3, -0.25) is 0 Å². The summed E-state index contributed by atoms with van der Waals surface area (Å²) >= 11 is 0.149. The third kappa shape index (κ3) is 41.9. The summed E-state index contributed by atoms with van der Waals surface area (Å²) in [6, 6.07) is 0. The minimum atomic E-state index is 0.149. The van der Waals surface area contributed by atoms with Crippen LogP contribution in [0.1, 0.15) is 183 Å². The second kappa shape index (κ2) is 35.8. The molecule has 1 nitrogen and oxygen atoms in total. The summed E-state index contributed by atoms with van der Waals surface area (Å²) in [7, 11) is 0. The Morgan fingerprint density at radius 3 is 1.03 bits per heavy atom. The van der Waals surface area contributed by atoms with Gasteiger partial charge >= 0.3 is 69.5 Å². The molecule has 0 spiro atoms. The van der Waals surface area contributed by atoms with Crippen molar-refractivity contribution in [3.8, 4) is 0 Å². The van der Waals surface area contributed by atoms with Crippen LogP contribution >= 0.6 is 0 Å². The first kappa shape index (κ1) is 38.9. The second-order valence-electron chi connectivity index (χ2n) is 12.1. The molecule has 0 aromatic rings. The fourth-order valence-corrected chi connectivity index (χ4v) is 8.62. The van der Waals surface area contributed by atoms with Crippen molar-refractivity contribution in [2.24, 2.45) is 11.8 Å². The summed E-state index contributed by atoms with van der Waals surface area (Å²) in [6.45, 7) is 15.9. The zero-order valence-electron chi connectivity index (χ0n) is 26.4. The molecular weight excluding hydrogens is 543 g/mol. The van der Waals surface area contributed by atoms with Gasteiger partial charge in [-0.05, 0) is 24.7 Å². The van der Waals surface area contributed by atoms with Gasteiger partial charge in [0.15, 0.2) is 0 Å². The summed E-state index contributed by atoms with van der Waals surface area (Å²) in [6.07, 6.45) is 31.1. The summed E-state index contributed by atoms with van der Waals surface area (Å²) in [5, 5.41) is 0. The zero-order valence-corrected chi connectivity index (χ0v) is 29.3. The van der Waals surface area contributed by atoms with E-state index in [9.17, 15) is 0 Å². The van der Waals surface area contributed by atoms with Crippen molar-refractivity contribution in [1.82, 2.24) is 0 Å². The van der Waals surface area contributed by atoms with Crippen molar-refractivity contribution in [3.05, 3.63) is 0 Å². The van der Waals surface area contributed by atoms with Crippen LogP contribution in [0.4, 0.5) is 0 Å². The van der Waals surface area contributed by atoms with Crippen LogP contribution in [-0.2, 0) is 4.74 Å². The number of hydrogen-bond donors (Lipinski definition) is 0. The van der Waals surface area contributed by atoms with Crippen molar-refractivity contribution in [2.45, 2.75) is 192 Å². The summed E-state index contributed by atoms with van der Waals surface area (Å²) in [4.78, 5) is 0. The molecule has 0 aliphatic rings. The van der Waals surface area contributed by atoms with Gasteiger partial charge in [0.2, 0.25) is 0 Å². The number of ether oxygens (including phenoxy) is 1. The Labute approximate surface area is 241 Å². The van der Waals surface area contributed by atoms with Gasteiger partial charge in [0, 0.05) is 13.2 Å². The Morgan fingerprint density at radius 2 is 0.722 bits per heavy atom. The normalized spacial score (nSPS) is 11.3. The van der Waals surface area contributed by atoms with Crippen LogP contribution in [0, 0.1) is 11.8 Å². The molecule has 0 aliphatic carbocycles. The fourth-order valence-electron chi connectivity index (χ4n) is 4.47. The Balaban J connectivity index is 0. The van der Waals surface area contributed by atoms with Crippen LogP contribution in [-0.4, -0.2) is 34.4 Å². The van der Waals surface area contributed by atoms with Crippen LogP contribution in [0.3, 0.4) is 0 Å². The molecule has 0 rings (SSSR count).